The van der Waals surface area contributed by atoms with Gasteiger partial charge >= 0.3 is 16.4 Å². The number of rotatable bonds is 14. The smallest absolute Gasteiger partial charge is 0.392 e. The van der Waals surface area contributed by atoms with E-state index in [4.69, 9.17) is 14.0 Å². The first kappa shape index (κ1) is 42.5. The molecule has 302 valence electrons. The Morgan fingerprint density at radius 2 is 1.69 bits per heavy atom. The van der Waals surface area contributed by atoms with Gasteiger partial charge in [-0.25, -0.2) is 17.4 Å². The van der Waals surface area contributed by atoms with Crippen LogP contribution >= 0.6 is 0 Å². The number of aliphatic hydroxyl groups is 3. The van der Waals surface area contributed by atoms with Gasteiger partial charge in [0.15, 0.2) is 16.1 Å². The van der Waals surface area contributed by atoms with E-state index in [-0.39, 0.29) is 17.3 Å². The number of urea groups is 1. The Bertz CT molecular complexity index is 1980. The Hall–Kier alpha value is -3.65. The maximum atomic E-state index is 14.0. The topological polar surface area (TPSA) is 221 Å². The van der Waals surface area contributed by atoms with E-state index >= 15 is 0 Å². The number of hydrogen-bond acceptors (Lipinski definition) is 12. The molecule has 8 atom stereocenters. The van der Waals surface area contributed by atoms with E-state index < -0.39 is 81.0 Å². The molecule has 3 aromatic carbocycles. The second-order valence-corrected chi connectivity index (χ2v) is 17.4. The minimum absolute atomic E-state index is 0.0443. The molecular weight excluding hydrogens is 755 g/mol. The molecule has 0 bridgehead atoms. The lowest BCUT2D eigenvalue weighted by Crippen LogP contribution is -2.64. The first-order valence-corrected chi connectivity index (χ1v) is 21.2. The highest BCUT2D eigenvalue weighted by atomic mass is 32.3. The SMILES string of the molecule is CCCC[C@]1(CC)CS(=O)(=O)c2ccc(N(C)C)cc2[C@@H](c2ccc(NC(=O)N[C@@H]3O[C@H](COS(=O)(=O)O)[C@@H](O)[C@H](OCc4ccccc4)[C@H]3O)cc2)[C@H]1O. The summed E-state index contributed by atoms with van der Waals surface area (Å²) < 4.78 is 75.4. The van der Waals surface area contributed by atoms with Gasteiger partial charge in [-0.3, -0.25) is 4.55 Å². The Labute approximate surface area is 322 Å². The highest BCUT2D eigenvalue weighted by Gasteiger charge is 2.49. The number of fused-ring (bicyclic) bond motifs is 1. The number of benzene rings is 3. The number of carbonyl (C=O) groups is 1. The van der Waals surface area contributed by atoms with Gasteiger partial charge in [-0.2, -0.15) is 8.42 Å². The minimum Gasteiger partial charge on any atom is -0.392 e. The van der Waals surface area contributed by atoms with Crippen LogP contribution in [0.4, 0.5) is 16.2 Å². The van der Waals surface area contributed by atoms with Crippen LogP contribution < -0.4 is 15.5 Å². The summed E-state index contributed by atoms with van der Waals surface area (Å²) in [5.41, 5.74) is 2.02. The van der Waals surface area contributed by atoms with Gasteiger partial charge in [0.25, 0.3) is 0 Å². The van der Waals surface area contributed by atoms with Crippen molar-refractivity contribution in [2.75, 3.05) is 36.7 Å². The van der Waals surface area contributed by atoms with Gasteiger partial charge in [-0.15, -0.1) is 0 Å². The van der Waals surface area contributed by atoms with Crippen molar-refractivity contribution in [3.63, 3.8) is 0 Å². The molecule has 0 spiro atoms. The van der Waals surface area contributed by atoms with Crippen molar-refractivity contribution in [2.24, 2.45) is 5.41 Å². The number of aliphatic hydroxyl groups excluding tert-OH is 3. The van der Waals surface area contributed by atoms with Gasteiger partial charge in [0.2, 0.25) is 0 Å². The Morgan fingerprint density at radius 1 is 1.00 bits per heavy atom. The number of amides is 2. The maximum Gasteiger partial charge on any atom is 0.397 e. The summed E-state index contributed by atoms with van der Waals surface area (Å²) in [7, 11) is -4.99. The van der Waals surface area contributed by atoms with Gasteiger partial charge in [-0.1, -0.05) is 69.2 Å². The van der Waals surface area contributed by atoms with Crippen LogP contribution in [0.1, 0.15) is 62.1 Å². The van der Waals surface area contributed by atoms with E-state index in [1.807, 2.05) is 38.9 Å². The molecule has 0 unspecified atom stereocenters. The van der Waals surface area contributed by atoms with Crippen molar-refractivity contribution in [3.8, 4) is 0 Å². The summed E-state index contributed by atoms with van der Waals surface area (Å²) in [6.07, 6.45) is -6.06. The molecule has 1 saturated heterocycles. The zero-order chi connectivity index (χ0) is 40.1. The maximum absolute atomic E-state index is 14.0. The van der Waals surface area contributed by atoms with E-state index in [0.717, 1.165) is 18.5 Å². The molecule has 0 aromatic heterocycles. The summed E-state index contributed by atoms with van der Waals surface area (Å²) >= 11 is 0. The van der Waals surface area contributed by atoms with E-state index in [1.54, 1.807) is 66.7 Å². The molecule has 2 amide bonds. The molecule has 0 saturated carbocycles. The van der Waals surface area contributed by atoms with Gasteiger partial charge in [-0.05, 0) is 59.9 Å². The van der Waals surface area contributed by atoms with Crippen LogP contribution in [0.3, 0.4) is 0 Å². The molecule has 5 rings (SSSR count). The normalized spacial score (nSPS) is 27.7. The standard InChI is InChI=1S/C38H51N3O12S2/c1-5-7-19-38(6-2)23-54(46,47)30-18-17-27(41(3)4)20-28(30)31(35(38)44)25-13-15-26(16-14-25)39-37(45)40-36-33(43)34(51-21-24-11-9-8-10-12-24)32(42)29(53-36)22-52-55(48,49)50/h8-18,20,29,31-36,42-44H,5-7,19,21-23H2,1-4H3,(H2,39,40,45)(H,48,49,50)/t29-,31-,32-,33-,34+,35-,36-,38-/m1/s1. The monoisotopic (exact) mass is 805 g/mol. The molecule has 6 N–H and O–H groups in total. The lowest BCUT2D eigenvalue weighted by molar-refractivity contribution is -0.246. The Morgan fingerprint density at radius 3 is 2.31 bits per heavy atom. The number of unbranched alkanes of at least 4 members (excludes halogenated alkanes) is 1. The first-order valence-electron chi connectivity index (χ1n) is 18.2. The number of nitrogens with one attached hydrogen (secondary N) is 2. The number of nitrogens with zero attached hydrogens (tertiary/aromatic N) is 1. The predicted octanol–water partition coefficient (Wildman–Crippen LogP) is 3.59. The largest absolute Gasteiger partial charge is 0.397 e. The highest BCUT2D eigenvalue weighted by molar-refractivity contribution is 7.91. The second-order valence-electron chi connectivity index (χ2n) is 14.4. The fraction of sp³-hybridized carbons (Fsp3) is 0.500. The molecule has 0 aliphatic carbocycles. The van der Waals surface area contributed by atoms with Gasteiger partial charge in [0, 0.05) is 36.8 Å². The molecule has 1 fully saturated rings. The van der Waals surface area contributed by atoms with E-state index in [2.05, 4.69) is 14.8 Å². The Kier molecular flexibility index (Phi) is 13.6. The summed E-state index contributed by atoms with van der Waals surface area (Å²) in [6.45, 7) is 3.05. The van der Waals surface area contributed by atoms with Crippen LogP contribution in [0.5, 0.6) is 0 Å². The zero-order valence-electron chi connectivity index (χ0n) is 31.2. The van der Waals surface area contributed by atoms with Crippen LogP contribution in [0.25, 0.3) is 0 Å². The predicted molar refractivity (Wildman–Crippen MR) is 205 cm³/mol. The summed E-state index contributed by atoms with van der Waals surface area (Å²) in [5.74, 6) is -0.895. The molecule has 17 heteroatoms. The number of anilines is 2. The molecule has 3 aromatic rings. The van der Waals surface area contributed by atoms with Crippen molar-refractivity contribution in [2.45, 2.75) is 93.7 Å². The van der Waals surface area contributed by atoms with Crippen LogP contribution in [0.2, 0.25) is 0 Å². The molecular formula is C38H51N3O12S2. The fourth-order valence-electron chi connectivity index (χ4n) is 7.38. The van der Waals surface area contributed by atoms with Crippen molar-refractivity contribution in [3.05, 3.63) is 89.5 Å². The van der Waals surface area contributed by atoms with Crippen LogP contribution in [0.15, 0.2) is 77.7 Å². The van der Waals surface area contributed by atoms with Crippen molar-refractivity contribution < 1.29 is 55.2 Å². The average molecular weight is 806 g/mol. The third-order valence-electron chi connectivity index (χ3n) is 10.5. The summed E-state index contributed by atoms with van der Waals surface area (Å²) in [4.78, 5) is 15.3. The second kappa shape index (κ2) is 17.7. The van der Waals surface area contributed by atoms with Gasteiger partial charge < -0.3 is 40.3 Å². The molecule has 2 aliphatic rings. The molecule has 2 heterocycles. The number of hydrogen-bond donors (Lipinski definition) is 6. The fourth-order valence-corrected chi connectivity index (χ4v) is 9.94. The van der Waals surface area contributed by atoms with Crippen molar-refractivity contribution in [1.29, 1.82) is 0 Å². The zero-order valence-corrected chi connectivity index (χ0v) is 32.9. The van der Waals surface area contributed by atoms with E-state index in [9.17, 15) is 36.9 Å². The first-order chi connectivity index (χ1) is 26.0. The molecule has 2 aliphatic heterocycles. The van der Waals surface area contributed by atoms with Crippen LogP contribution in [0, 0.1) is 5.41 Å². The Balaban J connectivity index is 1.38. The van der Waals surface area contributed by atoms with Crippen LogP contribution in [-0.4, -0.2) is 106 Å². The summed E-state index contributed by atoms with van der Waals surface area (Å²) in [5, 5.41) is 39.4. The highest BCUT2D eigenvalue weighted by Crippen LogP contribution is 2.49. The minimum atomic E-state index is -4.91. The van der Waals surface area contributed by atoms with Crippen molar-refractivity contribution in [1.82, 2.24) is 5.32 Å². The lowest BCUT2D eigenvalue weighted by Gasteiger charge is -2.42. The molecule has 0 radical (unpaired) electrons. The molecule has 55 heavy (non-hydrogen) atoms. The van der Waals surface area contributed by atoms with Gasteiger partial charge in [0.05, 0.1) is 30.0 Å². The third-order valence-corrected chi connectivity index (χ3v) is 12.9. The number of carbonyl (C=O) groups excluding carboxylic acids is 1. The van der Waals surface area contributed by atoms with E-state index in [0.29, 0.717) is 35.2 Å². The van der Waals surface area contributed by atoms with Gasteiger partial charge in [0.1, 0.15) is 24.4 Å². The van der Waals surface area contributed by atoms with E-state index in [1.165, 1.54) is 0 Å². The summed E-state index contributed by atoms with van der Waals surface area (Å²) in [6, 6.07) is 19.8. The third kappa shape index (κ3) is 10.0. The number of ether oxygens (including phenoxy) is 2. The quantitative estimate of drug-likeness (QED) is 0.129. The van der Waals surface area contributed by atoms with Crippen molar-refractivity contribution >= 4 is 37.6 Å². The average Bonchev–Trinajstić information content (AvgIpc) is 3.21. The molecule has 15 nitrogen and oxygen atoms in total. The van der Waals surface area contributed by atoms with Crippen LogP contribution in [-0.2, 0) is 40.5 Å². The lowest BCUT2D eigenvalue weighted by atomic mass is 9.69. The number of sulfone groups is 1.